The first-order valence-corrected chi connectivity index (χ1v) is 10.5. The normalized spacial score (nSPS) is 18.2. The molecule has 3 aromatic rings. The van der Waals surface area contributed by atoms with E-state index in [4.69, 9.17) is 14.2 Å². The van der Waals surface area contributed by atoms with Gasteiger partial charge in [0.05, 0.1) is 32.6 Å². The zero-order valence-electron chi connectivity index (χ0n) is 18.8. The number of anilines is 3. The van der Waals surface area contributed by atoms with Gasteiger partial charge in [-0.15, -0.1) is 0 Å². The number of halogens is 2. The van der Waals surface area contributed by atoms with E-state index in [1.54, 1.807) is 18.2 Å². The summed E-state index contributed by atoms with van der Waals surface area (Å²) >= 11 is 0. The SMILES string of the molecule is COc1ccc(-c2cnc(OC)c(Nc3nc(N4C[C@@H](C)O[C@@H](C)C4)ncc3F)c2)c(F)c1. The van der Waals surface area contributed by atoms with E-state index in [0.29, 0.717) is 41.6 Å². The lowest BCUT2D eigenvalue weighted by molar-refractivity contribution is -0.00572. The van der Waals surface area contributed by atoms with Gasteiger partial charge in [-0.3, -0.25) is 0 Å². The molecule has 1 N–H and O–H groups in total. The molecule has 33 heavy (non-hydrogen) atoms. The monoisotopic (exact) mass is 457 g/mol. The first-order chi connectivity index (χ1) is 15.9. The minimum absolute atomic E-state index is 0.000758. The van der Waals surface area contributed by atoms with Crippen LogP contribution >= 0.6 is 0 Å². The van der Waals surface area contributed by atoms with Crippen molar-refractivity contribution in [3.8, 4) is 22.8 Å². The number of hydrogen-bond acceptors (Lipinski definition) is 8. The Morgan fingerprint density at radius 3 is 2.42 bits per heavy atom. The first-order valence-electron chi connectivity index (χ1n) is 10.5. The Morgan fingerprint density at radius 1 is 1.00 bits per heavy atom. The molecular weight excluding hydrogens is 432 g/mol. The van der Waals surface area contributed by atoms with E-state index >= 15 is 0 Å². The molecule has 0 amide bonds. The number of morpholine rings is 1. The summed E-state index contributed by atoms with van der Waals surface area (Å²) in [6.45, 7) is 5.11. The molecule has 0 bridgehead atoms. The number of nitrogens with one attached hydrogen (secondary N) is 1. The largest absolute Gasteiger partial charge is 0.497 e. The van der Waals surface area contributed by atoms with Crippen LogP contribution in [0.1, 0.15) is 13.8 Å². The minimum Gasteiger partial charge on any atom is -0.497 e. The van der Waals surface area contributed by atoms with E-state index in [0.717, 1.165) is 6.20 Å². The van der Waals surface area contributed by atoms with Crippen molar-refractivity contribution in [2.75, 3.05) is 37.5 Å². The number of nitrogens with zero attached hydrogens (tertiary/aromatic N) is 4. The highest BCUT2D eigenvalue weighted by Gasteiger charge is 2.25. The highest BCUT2D eigenvalue weighted by Crippen LogP contribution is 2.33. The molecule has 2 aromatic heterocycles. The summed E-state index contributed by atoms with van der Waals surface area (Å²) in [5.74, 6) is -0.168. The molecule has 174 valence electrons. The highest BCUT2D eigenvalue weighted by molar-refractivity contribution is 5.73. The number of aromatic nitrogens is 3. The van der Waals surface area contributed by atoms with Crippen LogP contribution in [-0.2, 0) is 4.74 Å². The van der Waals surface area contributed by atoms with Crippen LogP contribution in [0.5, 0.6) is 11.6 Å². The van der Waals surface area contributed by atoms with Crippen LogP contribution < -0.4 is 19.7 Å². The van der Waals surface area contributed by atoms with Crippen molar-refractivity contribution < 1.29 is 23.0 Å². The van der Waals surface area contributed by atoms with Gasteiger partial charge in [0.15, 0.2) is 11.6 Å². The van der Waals surface area contributed by atoms with Crippen molar-refractivity contribution in [2.24, 2.45) is 0 Å². The number of ether oxygens (including phenoxy) is 3. The maximum atomic E-state index is 14.6. The second kappa shape index (κ2) is 9.53. The van der Waals surface area contributed by atoms with Crippen molar-refractivity contribution >= 4 is 17.5 Å². The van der Waals surface area contributed by atoms with Gasteiger partial charge >= 0.3 is 0 Å². The fourth-order valence-electron chi connectivity index (χ4n) is 3.78. The minimum atomic E-state index is -0.642. The second-order valence-corrected chi connectivity index (χ2v) is 7.78. The van der Waals surface area contributed by atoms with Crippen molar-refractivity contribution in [1.82, 2.24) is 15.0 Å². The Morgan fingerprint density at radius 2 is 1.76 bits per heavy atom. The Labute approximate surface area is 190 Å². The van der Waals surface area contributed by atoms with Gasteiger partial charge in [0.2, 0.25) is 11.8 Å². The third kappa shape index (κ3) is 4.95. The molecule has 0 radical (unpaired) electrons. The van der Waals surface area contributed by atoms with Gasteiger partial charge in [0.25, 0.3) is 0 Å². The fourth-order valence-corrected chi connectivity index (χ4v) is 3.78. The molecule has 4 rings (SSSR count). The number of methoxy groups -OCH3 is 2. The predicted octanol–water partition coefficient (Wildman–Crippen LogP) is 4.19. The molecule has 1 saturated heterocycles. The molecule has 3 heterocycles. The van der Waals surface area contributed by atoms with Gasteiger partial charge in [-0.05, 0) is 32.0 Å². The van der Waals surface area contributed by atoms with Gasteiger partial charge < -0.3 is 24.4 Å². The predicted molar refractivity (Wildman–Crippen MR) is 120 cm³/mol. The summed E-state index contributed by atoms with van der Waals surface area (Å²) in [6.07, 6.45) is 2.59. The Balaban J connectivity index is 1.66. The van der Waals surface area contributed by atoms with Gasteiger partial charge in [-0.1, -0.05) is 0 Å². The summed E-state index contributed by atoms with van der Waals surface area (Å²) < 4.78 is 45.3. The number of rotatable bonds is 6. The van der Waals surface area contributed by atoms with Crippen molar-refractivity contribution in [3.63, 3.8) is 0 Å². The highest BCUT2D eigenvalue weighted by atomic mass is 19.1. The Hall–Kier alpha value is -3.53. The summed E-state index contributed by atoms with van der Waals surface area (Å²) in [6, 6.07) is 6.15. The van der Waals surface area contributed by atoms with Crippen molar-refractivity contribution in [2.45, 2.75) is 26.1 Å². The molecule has 2 atom stereocenters. The average molecular weight is 457 g/mol. The summed E-state index contributed by atoms with van der Waals surface area (Å²) in [5, 5.41) is 2.93. The zero-order chi connectivity index (χ0) is 23.5. The molecule has 0 unspecified atom stereocenters. The lowest BCUT2D eigenvalue weighted by Crippen LogP contribution is -2.46. The van der Waals surface area contributed by atoms with Gasteiger partial charge in [0.1, 0.15) is 17.3 Å². The molecule has 1 fully saturated rings. The van der Waals surface area contributed by atoms with Crippen molar-refractivity contribution in [3.05, 3.63) is 48.3 Å². The number of pyridine rings is 1. The molecule has 10 heteroatoms. The van der Waals surface area contributed by atoms with E-state index < -0.39 is 11.6 Å². The molecule has 8 nitrogen and oxygen atoms in total. The topological polar surface area (TPSA) is 81.6 Å². The van der Waals surface area contributed by atoms with Crippen LogP contribution in [0.15, 0.2) is 36.7 Å². The molecule has 1 aliphatic heterocycles. The van der Waals surface area contributed by atoms with Gasteiger partial charge in [0, 0.05) is 36.5 Å². The van der Waals surface area contributed by atoms with Crippen LogP contribution in [0.25, 0.3) is 11.1 Å². The van der Waals surface area contributed by atoms with Crippen molar-refractivity contribution in [1.29, 1.82) is 0 Å². The third-order valence-electron chi connectivity index (χ3n) is 5.22. The van der Waals surface area contributed by atoms with E-state index in [-0.39, 0.29) is 23.9 Å². The standard InChI is InChI=1S/C23H25F2N5O3/c1-13-11-30(12-14(2)33-13)23-27-10-19(25)21(29-23)28-20-7-15(9-26-22(20)32-4)17-6-5-16(31-3)8-18(17)24/h5-10,13-14H,11-12H2,1-4H3,(H,27,28,29)/t13-,14+. The summed E-state index contributed by atoms with van der Waals surface area (Å²) in [7, 11) is 2.91. The quantitative estimate of drug-likeness (QED) is 0.590. The number of hydrogen-bond donors (Lipinski definition) is 1. The second-order valence-electron chi connectivity index (χ2n) is 7.78. The lowest BCUT2D eigenvalue weighted by atomic mass is 10.1. The zero-order valence-corrected chi connectivity index (χ0v) is 18.8. The van der Waals surface area contributed by atoms with Crippen LogP contribution in [0, 0.1) is 11.6 Å². The molecule has 0 saturated carbocycles. The molecule has 1 aromatic carbocycles. The third-order valence-corrected chi connectivity index (χ3v) is 5.22. The van der Waals surface area contributed by atoms with E-state index in [9.17, 15) is 8.78 Å². The smallest absolute Gasteiger partial charge is 0.237 e. The van der Waals surface area contributed by atoms with Gasteiger partial charge in [-0.25, -0.2) is 18.7 Å². The van der Waals surface area contributed by atoms with E-state index in [1.165, 1.54) is 26.5 Å². The summed E-state index contributed by atoms with van der Waals surface area (Å²) in [4.78, 5) is 14.7. The number of benzene rings is 1. The maximum absolute atomic E-state index is 14.6. The van der Waals surface area contributed by atoms with Gasteiger partial charge in [-0.2, -0.15) is 4.98 Å². The fraction of sp³-hybridized carbons (Fsp3) is 0.348. The summed E-state index contributed by atoms with van der Waals surface area (Å²) in [5.41, 5.74) is 1.12. The Bertz CT molecular complexity index is 1140. The Kier molecular flexibility index (Phi) is 6.55. The van der Waals surface area contributed by atoms with Crippen LogP contribution in [-0.4, -0.2) is 54.5 Å². The lowest BCUT2D eigenvalue weighted by Gasteiger charge is -2.35. The molecular formula is C23H25F2N5O3. The van der Waals surface area contributed by atoms with E-state index in [2.05, 4.69) is 20.3 Å². The van der Waals surface area contributed by atoms with Crippen LogP contribution in [0.4, 0.5) is 26.2 Å². The molecule has 1 aliphatic rings. The molecule has 0 aliphatic carbocycles. The first kappa shape index (κ1) is 22.7. The van der Waals surface area contributed by atoms with Crippen LogP contribution in [0.2, 0.25) is 0 Å². The van der Waals surface area contributed by atoms with Crippen LogP contribution in [0.3, 0.4) is 0 Å². The van der Waals surface area contributed by atoms with E-state index in [1.807, 2.05) is 18.7 Å². The molecule has 0 spiro atoms. The average Bonchev–Trinajstić information content (AvgIpc) is 2.79. The maximum Gasteiger partial charge on any atom is 0.237 e.